The van der Waals surface area contributed by atoms with Gasteiger partial charge in [-0.1, -0.05) is 61.2 Å². The van der Waals surface area contributed by atoms with Gasteiger partial charge in [0.1, 0.15) is 5.78 Å². The number of phenols is 3. The lowest BCUT2D eigenvalue weighted by Crippen LogP contribution is -2.41. The third-order valence-electron chi connectivity index (χ3n) is 9.13. The SMILES string of the molecule is COc1cc(C2CC(=O)CC(O)C(C3(c4ccc(O)c(O)c4)CCCC3)CC#CC2Cc2ccccc2)ccc1O. The fourth-order valence-corrected chi connectivity index (χ4v) is 7.00. The summed E-state index contributed by atoms with van der Waals surface area (Å²) in [5.74, 6) is 6.22. The Morgan fingerprint density at radius 2 is 1.63 bits per heavy atom. The number of ether oxygens (including phenoxy) is 1. The third kappa shape index (κ3) is 6.06. The van der Waals surface area contributed by atoms with Gasteiger partial charge in [0.05, 0.1) is 13.2 Å². The summed E-state index contributed by atoms with van der Waals surface area (Å²) < 4.78 is 5.37. The van der Waals surface area contributed by atoms with Gasteiger partial charge in [-0.05, 0) is 60.2 Å². The van der Waals surface area contributed by atoms with E-state index in [4.69, 9.17) is 4.74 Å². The van der Waals surface area contributed by atoms with E-state index >= 15 is 0 Å². The standard InChI is InChI=1S/C35H38O6/c1-41-34-19-25(12-14-31(34)38)28-21-27(36)22-32(39)29(11-7-10-24(28)18-23-8-3-2-4-9-23)35(16-5-6-17-35)26-13-15-30(37)33(40)20-26/h2-4,8-9,12-15,19-20,24,28-29,32,37-40H,5-6,11,16-18,21-22H2,1H3. The fourth-order valence-electron chi connectivity index (χ4n) is 7.00. The number of ketones is 1. The molecule has 0 radical (unpaired) electrons. The smallest absolute Gasteiger partial charge is 0.160 e. The molecular formula is C35H38O6. The van der Waals surface area contributed by atoms with Gasteiger partial charge in [0, 0.05) is 42.4 Å². The molecule has 0 bridgehead atoms. The second-order valence-corrected chi connectivity index (χ2v) is 11.5. The molecule has 0 aliphatic heterocycles. The zero-order valence-corrected chi connectivity index (χ0v) is 23.4. The molecule has 2 aliphatic carbocycles. The highest BCUT2D eigenvalue weighted by atomic mass is 16.5. The average Bonchev–Trinajstić information content (AvgIpc) is 3.46. The number of rotatable bonds is 6. The van der Waals surface area contributed by atoms with Crippen molar-refractivity contribution < 1.29 is 30.0 Å². The van der Waals surface area contributed by atoms with Crippen molar-refractivity contribution in [1.82, 2.24) is 0 Å². The highest BCUT2D eigenvalue weighted by Gasteiger charge is 2.46. The predicted octanol–water partition coefficient (Wildman–Crippen LogP) is 6.00. The van der Waals surface area contributed by atoms with Crippen molar-refractivity contribution in [2.75, 3.05) is 7.11 Å². The number of carbonyl (C=O) groups excluding carboxylic acids is 1. The molecule has 2 aliphatic rings. The topological polar surface area (TPSA) is 107 Å². The molecule has 3 aromatic rings. The first kappa shape index (κ1) is 28.6. The monoisotopic (exact) mass is 554 g/mol. The number of aliphatic hydroxyl groups is 1. The van der Waals surface area contributed by atoms with Crippen molar-refractivity contribution in [3.63, 3.8) is 0 Å². The molecular weight excluding hydrogens is 516 g/mol. The lowest BCUT2D eigenvalue weighted by molar-refractivity contribution is -0.122. The first-order valence-corrected chi connectivity index (χ1v) is 14.4. The lowest BCUT2D eigenvalue weighted by Gasteiger charge is -2.40. The highest BCUT2D eigenvalue weighted by Crippen LogP contribution is 2.51. The van der Waals surface area contributed by atoms with Crippen LogP contribution in [0.5, 0.6) is 23.0 Å². The van der Waals surface area contributed by atoms with Gasteiger partial charge < -0.3 is 25.2 Å². The van der Waals surface area contributed by atoms with Crippen LogP contribution in [0.4, 0.5) is 0 Å². The first-order valence-electron chi connectivity index (χ1n) is 14.4. The summed E-state index contributed by atoms with van der Waals surface area (Å²) in [6, 6.07) is 20.2. The van der Waals surface area contributed by atoms with Crippen LogP contribution >= 0.6 is 0 Å². The molecule has 4 unspecified atom stereocenters. The Morgan fingerprint density at radius 1 is 0.902 bits per heavy atom. The molecule has 41 heavy (non-hydrogen) atoms. The van der Waals surface area contributed by atoms with Crippen molar-refractivity contribution in [3.05, 3.63) is 83.4 Å². The average molecular weight is 555 g/mol. The quantitative estimate of drug-likeness (QED) is 0.220. The lowest BCUT2D eigenvalue weighted by atomic mass is 9.64. The van der Waals surface area contributed by atoms with E-state index in [9.17, 15) is 25.2 Å². The highest BCUT2D eigenvalue weighted by molar-refractivity contribution is 5.80. The predicted molar refractivity (Wildman–Crippen MR) is 157 cm³/mol. The second kappa shape index (κ2) is 12.3. The van der Waals surface area contributed by atoms with Crippen LogP contribution in [-0.2, 0) is 16.6 Å². The summed E-state index contributed by atoms with van der Waals surface area (Å²) >= 11 is 0. The molecule has 0 heterocycles. The van der Waals surface area contributed by atoms with E-state index in [-0.39, 0.29) is 53.6 Å². The largest absolute Gasteiger partial charge is 0.504 e. The second-order valence-electron chi connectivity index (χ2n) is 11.5. The van der Waals surface area contributed by atoms with E-state index in [1.165, 1.54) is 13.2 Å². The Hall–Kier alpha value is -3.95. The number of methoxy groups -OCH3 is 1. The maximum absolute atomic E-state index is 13.7. The maximum Gasteiger partial charge on any atom is 0.160 e. The number of hydrogen-bond donors (Lipinski definition) is 4. The molecule has 4 N–H and O–H groups in total. The van der Waals surface area contributed by atoms with Crippen LogP contribution in [0.2, 0.25) is 0 Å². The molecule has 1 saturated carbocycles. The molecule has 0 saturated heterocycles. The van der Waals surface area contributed by atoms with Gasteiger partial charge in [-0.25, -0.2) is 0 Å². The molecule has 4 atom stereocenters. The van der Waals surface area contributed by atoms with E-state index in [1.54, 1.807) is 18.2 Å². The summed E-state index contributed by atoms with van der Waals surface area (Å²) in [5, 5.41) is 42.1. The van der Waals surface area contributed by atoms with Gasteiger partial charge in [0.2, 0.25) is 0 Å². The minimum Gasteiger partial charge on any atom is -0.504 e. The fraction of sp³-hybridized carbons (Fsp3) is 0.400. The van der Waals surface area contributed by atoms with Crippen LogP contribution in [0, 0.1) is 23.7 Å². The van der Waals surface area contributed by atoms with Crippen LogP contribution in [0.1, 0.15) is 67.6 Å². The van der Waals surface area contributed by atoms with Gasteiger partial charge in [-0.15, -0.1) is 5.92 Å². The maximum atomic E-state index is 13.7. The van der Waals surface area contributed by atoms with Crippen LogP contribution in [0.15, 0.2) is 66.7 Å². The van der Waals surface area contributed by atoms with E-state index < -0.39 is 11.5 Å². The van der Waals surface area contributed by atoms with Crippen molar-refractivity contribution >= 4 is 5.78 Å². The Labute approximate surface area is 241 Å². The van der Waals surface area contributed by atoms with Crippen LogP contribution in [0.3, 0.4) is 0 Å². The molecule has 0 amide bonds. The van der Waals surface area contributed by atoms with E-state index in [2.05, 4.69) is 24.0 Å². The van der Waals surface area contributed by atoms with Gasteiger partial charge in [-0.3, -0.25) is 4.79 Å². The van der Waals surface area contributed by atoms with Crippen molar-refractivity contribution in [1.29, 1.82) is 0 Å². The van der Waals surface area contributed by atoms with Gasteiger partial charge >= 0.3 is 0 Å². The number of carbonyl (C=O) groups is 1. The number of Topliss-reactive ketones (excluding diaryl/α,β-unsaturated/α-hetero) is 1. The number of aromatic hydroxyl groups is 3. The summed E-state index contributed by atoms with van der Waals surface area (Å²) in [4.78, 5) is 13.7. The first-order chi connectivity index (χ1) is 19.8. The number of hydrogen-bond acceptors (Lipinski definition) is 6. The zero-order valence-electron chi connectivity index (χ0n) is 23.4. The van der Waals surface area contributed by atoms with E-state index in [0.29, 0.717) is 18.6 Å². The number of aliphatic hydroxyl groups excluding tert-OH is 1. The van der Waals surface area contributed by atoms with Gasteiger partial charge in [0.25, 0.3) is 0 Å². The molecule has 1 fully saturated rings. The van der Waals surface area contributed by atoms with Gasteiger partial charge in [0.15, 0.2) is 23.0 Å². The Kier molecular flexibility index (Phi) is 8.56. The summed E-state index contributed by atoms with van der Waals surface area (Å²) in [6.07, 6.45) is 3.98. The van der Waals surface area contributed by atoms with Crippen LogP contribution in [-0.4, -0.2) is 39.4 Å². The minimum absolute atomic E-state index is 0.0158. The van der Waals surface area contributed by atoms with E-state index in [1.807, 2.05) is 30.3 Å². The zero-order chi connectivity index (χ0) is 29.0. The molecule has 214 valence electrons. The molecule has 6 nitrogen and oxygen atoms in total. The van der Waals surface area contributed by atoms with Gasteiger partial charge in [-0.2, -0.15) is 0 Å². The molecule has 0 aromatic heterocycles. The summed E-state index contributed by atoms with van der Waals surface area (Å²) in [7, 11) is 1.50. The normalized spacial score (nSPS) is 24.3. The van der Waals surface area contributed by atoms with Crippen LogP contribution in [0.25, 0.3) is 0 Å². The third-order valence-corrected chi connectivity index (χ3v) is 9.13. The molecule has 6 heteroatoms. The van der Waals surface area contributed by atoms with E-state index in [0.717, 1.165) is 42.4 Å². The Balaban J connectivity index is 1.56. The summed E-state index contributed by atoms with van der Waals surface area (Å²) in [6.45, 7) is 0. The summed E-state index contributed by atoms with van der Waals surface area (Å²) in [5.41, 5.74) is 2.41. The van der Waals surface area contributed by atoms with Crippen molar-refractivity contribution in [3.8, 4) is 34.8 Å². The Morgan fingerprint density at radius 3 is 2.34 bits per heavy atom. The van der Waals surface area contributed by atoms with Crippen molar-refractivity contribution in [2.45, 2.75) is 68.8 Å². The molecule has 5 rings (SSSR count). The number of benzene rings is 3. The van der Waals surface area contributed by atoms with Crippen LogP contribution < -0.4 is 4.74 Å². The Bertz CT molecular complexity index is 1430. The molecule has 3 aromatic carbocycles. The number of phenolic OH excluding ortho intramolecular Hbond substituents is 3. The minimum atomic E-state index is -0.897. The molecule has 0 spiro atoms. The van der Waals surface area contributed by atoms with Crippen molar-refractivity contribution in [2.24, 2.45) is 11.8 Å².